The van der Waals surface area contributed by atoms with Gasteiger partial charge < -0.3 is 9.88 Å². The quantitative estimate of drug-likeness (QED) is 0.575. The van der Waals surface area contributed by atoms with Crippen LogP contribution in [0, 0.1) is 21.4 Å². The Balaban J connectivity index is 1.51. The first kappa shape index (κ1) is 16.1. The maximum absolute atomic E-state index is 10.9. The molecule has 1 fully saturated rings. The molecule has 0 amide bonds. The van der Waals surface area contributed by atoms with Crippen molar-refractivity contribution in [2.75, 3.05) is 18.0 Å². The van der Waals surface area contributed by atoms with E-state index < -0.39 is 4.92 Å². The highest BCUT2D eigenvalue weighted by atomic mass is 16.6. The molecule has 0 atom stereocenters. The fraction of sp³-hybridized carbons (Fsp3) is 0.263. The number of nitrogens with one attached hydrogen (secondary N) is 1. The van der Waals surface area contributed by atoms with Gasteiger partial charge in [0.25, 0.3) is 5.69 Å². The lowest BCUT2D eigenvalue weighted by molar-refractivity contribution is -0.384. The van der Waals surface area contributed by atoms with Gasteiger partial charge in [0.05, 0.1) is 27.2 Å². The van der Waals surface area contributed by atoms with Crippen molar-refractivity contribution in [1.29, 1.82) is 5.26 Å². The molecule has 1 aromatic heterocycles. The lowest BCUT2D eigenvalue weighted by atomic mass is 9.95. The molecule has 1 N–H and O–H groups in total. The molecule has 0 spiro atoms. The van der Waals surface area contributed by atoms with Crippen LogP contribution in [-0.4, -0.2) is 28.0 Å². The molecule has 4 rings (SSSR count). The van der Waals surface area contributed by atoms with Gasteiger partial charge in [0, 0.05) is 31.1 Å². The zero-order chi connectivity index (χ0) is 18.1. The average Bonchev–Trinajstić information content (AvgIpc) is 3.12. The minimum Gasteiger partial charge on any atom is -0.370 e. The first-order valence-electron chi connectivity index (χ1n) is 8.54. The lowest BCUT2D eigenvalue weighted by Gasteiger charge is -2.33. The minimum absolute atomic E-state index is 0.0533. The fourth-order valence-corrected chi connectivity index (χ4v) is 3.56. The van der Waals surface area contributed by atoms with Gasteiger partial charge in [0.1, 0.15) is 11.9 Å². The number of aromatic amines is 1. The molecular weight excluding hydrogens is 330 g/mol. The maximum Gasteiger partial charge on any atom is 0.270 e. The summed E-state index contributed by atoms with van der Waals surface area (Å²) in [6, 6.07) is 14.6. The van der Waals surface area contributed by atoms with Gasteiger partial charge in [-0.25, -0.2) is 4.98 Å². The Bertz CT molecular complexity index is 979. The minimum atomic E-state index is -0.474. The molecule has 0 bridgehead atoms. The van der Waals surface area contributed by atoms with Crippen LogP contribution in [0.4, 0.5) is 11.4 Å². The fourth-order valence-electron chi connectivity index (χ4n) is 3.56. The van der Waals surface area contributed by atoms with Crippen LogP contribution in [0.5, 0.6) is 0 Å². The Kier molecular flexibility index (Phi) is 4.01. The van der Waals surface area contributed by atoms with Crippen molar-refractivity contribution >= 4 is 22.4 Å². The Labute approximate surface area is 150 Å². The third-order valence-corrected chi connectivity index (χ3v) is 4.94. The number of aromatic nitrogens is 2. The molecule has 0 saturated carbocycles. The number of nitro groups is 1. The summed E-state index contributed by atoms with van der Waals surface area (Å²) < 4.78 is 0. The molecule has 7 heteroatoms. The summed E-state index contributed by atoms with van der Waals surface area (Å²) in [7, 11) is 0. The molecule has 1 aliphatic heterocycles. The second-order valence-electron chi connectivity index (χ2n) is 6.47. The van der Waals surface area contributed by atoms with Crippen LogP contribution in [0.1, 0.15) is 30.1 Å². The Hall–Kier alpha value is -3.40. The number of benzene rings is 2. The van der Waals surface area contributed by atoms with Gasteiger partial charge in [-0.2, -0.15) is 5.26 Å². The van der Waals surface area contributed by atoms with Crippen molar-refractivity contribution < 1.29 is 4.92 Å². The zero-order valence-electron chi connectivity index (χ0n) is 14.1. The average molecular weight is 347 g/mol. The lowest BCUT2D eigenvalue weighted by Crippen LogP contribution is -2.33. The molecule has 3 aromatic rings. The number of para-hydroxylation sites is 2. The molecule has 1 aliphatic rings. The molecule has 0 aliphatic carbocycles. The molecule has 1 saturated heterocycles. The highest BCUT2D eigenvalue weighted by Gasteiger charge is 2.25. The molecular formula is C19H17N5O2. The van der Waals surface area contributed by atoms with Gasteiger partial charge in [-0.1, -0.05) is 12.1 Å². The third kappa shape index (κ3) is 2.86. The van der Waals surface area contributed by atoms with Gasteiger partial charge in [0.2, 0.25) is 0 Å². The number of nitrogens with zero attached hydrogens (tertiary/aromatic N) is 4. The van der Waals surface area contributed by atoms with E-state index >= 15 is 0 Å². The number of piperidine rings is 1. The molecule has 26 heavy (non-hydrogen) atoms. The van der Waals surface area contributed by atoms with Crippen LogP contribution in [-0.2, 0) is 0 Å². The van der Waals surface area contributed by atoms with E-state index in [0.29, 0.717) is 11.5 Å². The summed E-state index contributed by atoms with van der Waals surface area (Å²) in [4.78, 5) is 20.7. The van der Waals surface area contributed by atoms with Crippen molar-refractivity contribution in [1.82, 2.24) is 9.97 Å². The second kappa shape index (κ2) is 6.48. The number of hydrogen-bond donors (Lipinski definition) is 1. The van der Waals surface area contributed by atoms with E-state index in [1.54, 1.807) is 6.07 Å². The SMILES string of the molecule is N#Cc1cc([N+](=O)[O-])ccc1N1CCC(c2nc3ccccc3[nH]2)CC1. The summed E-state index contributed by atoms with van der Waals surface area (Å²) in [6.45, 7) is 1.57. The van der Waals surface area contributed by atoms with E-state index in [-0.39, 0.29) is 5.69 Å². The van der Waals surface area contributed by atoms with Gasteiger partial charge >= 0.3 is 0 Å². The number of non-ortho nitro benzene ring substituents is 1. The number of rotatable bonds is 3. The number of nitro benzene ring substituents is 1. The van der Waals surface area contributed by atoms with E-state index in [9.17, 15) is 15.4 Å². The predicted molar refractivity (Wildman–Crippen MR) is 98.1 cm³/mol. The largest absolute Gasteiger partial charge is 0.370 e. The molecule has 0 radical (unpaired) electrons. The van der Waals surface area contributed by atoms with E-state index in [1.807, 2.05) is 24.3 Å². The predicted octanol–water partition coefficient (Wildman–Crippen LogP) is 3.73. The van der Waals surface area contributed by atoms with E-state index in [4.69, 9.17) is 4.98 Å². The Morgan fingerprint density at radius 1 is 1.23 bits per heavy atom. The van der Waals surface area contributed by atoms with Gasteiger partial charge in [-0.05, 0) is 31.0 Å². The highest BCUT2D eigenvalue weighted by Crippen LogP contribution is 2.32. The summed E-state index contributed by atoms with van der Waals surface area (Å²) in [6.07, 6.45) is 1.84. The van der Waals surface area contributed by atoms with E-state index in [1.165, 1.54) is 12.1 Å². The van der Waals surface area contributed by atoms with Crippen molar-refractivity contribution in [3.8, 4) is 6.07 Å². The first-order chi connectivity index (χ1) is 12.7. The van der Waals surface area contributed by atoms with Gasteiger partial charge in [0.15, 0.2) is 0 Å². The molecule has 2 aromatic carbocycles. The Morgan fingerprint density at radius 3 is 2.69 bits per heavy atom. The number of anilines is 1. The zero-order valence-corrected chi connectivity index (χ0v) is 14.1. The smallest absolute Gasteiger partial charge is 0.270 e. The van der Waals surface area contributed by atoms with Gasteiger partial charge in [-0.15, -0.1) is 0 Å². The summed E-state index contributed by atoms with van der Waals surface area (Å²) in [5.41, 5.74) is 3.09. The van der Waals surface area contributed by atoms with Crippen LogP contribution in [0.25, 0.3) is 11.0 Å². The number of imidazole rings is 1. The van der Waals surface area contributed by atoms with Crippen molar-refractivity contribution in [3.63, 3.8) is 0 Å². The number of hydrogen-bond acceptors (Lipinski definition) is 5. The Morgan fingerprint density at radius 2 is 2.00 bits per heavy atom. The molecule has 2 heterocycles. The van der Waals surface area contributed by atoms with Crippen molar-refractivity contribution in [3.05, 3.63) is 64.0 Å². The van der Waals surface area contributed by atoms with E-state index in [0.717, 1.165) is 48.5 Å². The van der Waals surface area contributed by atoms with Crippen LogP contribution in [0.2, 0.25) is 0 Å². The standard InChI is InChI=1S/C19H17N5O2/c20-12-14-11-15(24(25)26)5-6-18(14)23-9-7-13(8-10-23)19-21-16-3-1-2-4-17(16)22-19/h1-6,11,13H,7-10H2,(H,21,22). The normalized spacial score (nSPS) is 15.1. The summed E-state index contributed by atoms with van der Waals surface area (Å²) in [5, 5.41) is 20.3. The summed E-state index contributed by atoms with van der Waals surface area (Å²) >= 11 is 0. The number of nitriles is 1. The molecule has 7 nitrogen and oxygen atoms in total. The maximum atomic E-state index is 10.9. The summed E-state index contributed by atoms with van der Waals surface area (Å²) in [5.74, 6) is 1.36. The van der Waals surface area contributed by atoms with Crippen LogP contribution in [0.15, 0.2) is 42.5 Å². The second-order valence-corrected chi connectivity index (χ2v) is 6.47. The van der Waals surface area contributed by atoms with Crippen LogP contribution in [0.3, 0.4) is 0 Å². The third-order valence-electron chi connectivity index (χ3n) is 4.94. The number of H-pyrrole nitrogens is 1. The molecule has 130 valence electrons. The monoisotopic (exact) mass is 347 g/mol. The highest BCUT2D eigenvalue weighted by molar-refractivity contribution is 5.74. The van der Waals surface area contributed by atoms with Crippen molar-refractivity contribution in [2.45, 2.75) is 18.8 Å². The van der Waals surface area contributed by atoms with Gasteiger partial charge in [-0.3, -0.25) is 10.1 Å². The molecule has 0 unspecified atom stereocenters. The first-order valence-corrected chi connectivity index (χ1v) is 8.54. The van der Waals surface area contributed by atoms with Crippen LogP contribution < -0.4 is 4.90 Å². The van der Waals surface area contributed by atoms with Crippen molar-refractivity contribution in [2.24, 2.45) is 0 Å². The van der Waals surface area contributed by atoms with E-state index in [2.05, 4.69) is 16.0 Å². The number of fused-ring (bicyclic) bond motifs is 1. The topological polar surface area (TPSA) is 98.8 Å². The van der Waals surface area contributed by atoms with Crippen LogP contribution >= 0.6 is 0 Å².